The van der Waals surface area contributed by atoms with Crippen LogP contribution in [0.1, 0.15) is 27.0 Å². The quantitative estimate of drug-likeness (QED) is 0.775. The van der Waals surface area contributed by atoms with Crippen LogP contribution in [0.25, 0.3) is 5.69 Å². The van der Waals surface area contributed by atoms with Crippen LogP contribution in [0.15, 0.2) is 54.9 Å². The molecule has 25 heavy (non-hydrogen) atoms. The standard InChI is InChI=1S/C20H20N4O/c1-14-11-22-24(13-14)19-6-3-15(4-7-19)20(25)23-18-5-2-17-12-21-9-8-16(17)10-18/h2-7,10-11,13,21H,8-9,12H2,1H3,(H,23,25). The van der Waals surface area contributed by atoms with E-state index in [1.807, 2.05) is 49.6 Å². The molecule has 0 unspecified atom stereocenters. The molecule has 2 N–H and O–H groups in total. The van der Waals surface area contributed by atoms with E-state index in [1.165, 1.54) is 11.1 Å². The summed E-state index contributed by atoms with van der Waals surface area (Å²) < 4.78 is 1.80. The summed E-state index contributed by atoms with van der Waals surface area (Å²) in [5, 5.41) is 10.6. The molecule has 5 heteroatoms. The third-order valence-corrected chi connectivity index (χ3v) is 4.46. The molecule has 4 rings (SSSR count). The van der Waals surface area contributed by atoms with Crippen molar-refractivity contribution in [3.8, 4) is 5.69 Å². The molecule has 1 aliphatic heterocycles. The van der Waals surface area contributed by atoms with E-state index in [-0.39, 0.29) is 5.91 Å². The molecule has 1 aliphatic rings. The Labute approximate surface area is 146 Å². The van der Waals surface area contributed by atoms with Gasteiger partial charge in [-0.1, -0.05) is 6.07 Å². The number of hydrogen-bond donors (Lipinski definition) is 2. The second kappa shape index (κ2) is 6.53. The number of carbonyl (C=O) groups excluding carboxylic acids is 1. The maximum absolute atomic E-state index is 12.5. The fourth-order valence-electron chi connectivity index (χ4n) is 3.08. The van der Waals surface area contributed by atoms with Crippen molar-refractivity contribution >= 4 is 11.6 Å². The molecule has 0 bridgehead atoms. The Morgan fingerprint density at radius 3 is 2.76 bits per heavy atom. The van der Waals surface area contributed by atoms with Crippen molar-refractivity contribution in [3.63, 3.8) is 0 Å². The molecule has 5 nitrogen and oxygen atoms in total. The van der Waals surface area contributed by atoms with Crippen molar-refractivity contribution < 1.29 is 4.79 Å². The van der Waals surface area contributed by atoms with Crippen molar-refractivity contribution in [3.05, 3.63) is 77.1 Å². The predicted molar refractivity (Wildman–Crippen MR) is 98.1 cm³/mol. The molecule has 1 aromatic heterocycles. The van der Waals surface area contributed by atoms with Crippen LogP contribution in [-0.4, -0.2) is 22.2 Å². The number of amides is 1. The van der Waals surface area contributed by atoms with Crippen molar-refractivity contribution in [2.24, 2.45) is 0 Å². The minimum Gasteiger partial charge on any atom is -0.322 e. The molecule has 2 heterocycles. The highest BCUT2D eigenvalue weighted by Crippen LogP contribution is 2.20. The third kappa shape index (κ3) is 3.32. The summed E-state index contributed by atoms with van der Waals surface area (Å²) in [7, 11) is 0. The molecule has 2 aromatic carbocycles. The van der Waals surface area contributed by atoms with Gasteiger partial charge in [0.15, 0.2) is 0 Å². The zero-order valence-corrected chi connectivity index (χ0v) is 14.1. The lowest BCUT2D eigenvalue weighted by atomic mass is 10.0. The lowest BCUT2D eigenvalue weighted by Crippen LogP contribution is -2.23. The zero-order valence-electron chi connectivity index (χ0n) is 14.1. The first-order chi connectivity index (χ1) is 12.2. The second-order valence-corrected chi connectivity index (χ2v) is 6.37. The first-order valence-electron chi connectivity index (χ1n) is 8.45. The predicted octanol–water partition coefficient (Wildman–Crippen LogP) is 3.08. The lowest BCUT2D eigenvalue weighted by Gasteiger charge is -2.18. The van der Waals surface area contributed by atoms with E-state index in [1.54, 1.807) is 4.68 Å². The Balaban J connectivity index is 1.49. The van der Waals surface area contributed by atoms with E-state index < -0.39 is 0 Å². The molecular formula is C20H20N4O. The first-order valence-corrected chi connectivity index (χ1v) is 8.45. The summed E-state index contributed by atoms with van der Waals surface area (Å²) in [5.41, 5.74) is 6.13. The van der Waals surface area contributed by atoms with Gasteiger partial charge >= 0.3 is 0 Å². The van der Waals surface area contributed by atoms with Gasteiger partial charge in [-0.3, -0.25) is 4.79 Å². The van der Waals surface area contributed by atoms with E-state index in [0.29, 0.717) is 5.56 Å². The number of benzene rings is 2. The SMILES string of the molecule is Cc1cnn(-c2ccc(C(=O)Nc3ccc4c(c3)CCNC4)cc2)c1. The molecule has 0 radical (unpaired) electrons. The molecule has 0 saturated carbocycles. The topological polar surface area (TPSA) is 59.0 Å². The van der Waals surface area contributed by atoms with Gasteiger partial charge in [0.1, 0.15) is 0 Å². The fraction of sp³-hybridized carbons (Fsp3) is 0.200. The average Bonchev–Trinajstić information content (AvgIpc) is 3.08. The average molecular weight is 332 g/mol. The van der Waals surface area contributed by atoms with Crippen LogP contribution in [0.3, 0.4) is 0 Å². The highest BCUT2D eigenvalue weighted by Gasteiger charge is 2.11. The zero-order chi connectivity index (χ0) is 17.2. The highest BCUT2D eigenvalue weighted by atomic mass is 16.1. The molecule has 0 spiro atoms. The van der Waals surface area contributed by atoms with Gasteiger partial charge in [0.25, 0.3) is 5.91 Å². The van der Waals surface area contributed by atoms with Crippen LogP contribution < -0.4 is 10.6 Å². The summed E-state index contributed by atoms with van der Waals surface area (Å²) in [4.78, 5) is 12.5. The smallest absolute Gasteiger partial charge is 0.255 e. The number of nitrogens with one attached hydrogen (secondary N) is 2. The monoisotopic (exact) mass is 332 g/mol. The fourth-order valence-corrected chi connectivity index (χ4v) is 3.08. The summed E-state index contributed by atoms with van der Waals surface area (Å²) >= 11 is 0. The molecule has 1 amide bonds. The Morgan fingerprint density at radius 1 is 1.16 bits per heavy atom. The normalized spacial score (nSPS) is 13.3. The molecule has 126 valence electrons. The van der Waals surface area contributed by atoms with E-state index in [4.69, 9.17) is 0 Å². The number of anilines is 1. The Bertz CT molecular complexity index is 912. The van der Waals surface area contributed by atoms with Gasteiger partial charge in [0.05, 0.1) is 11.9 Å². The summed E-state index contributed by atoms with van der Waals surface area (Å²) in [6, 6.07) is 13.6. The number of aromatic nitrogens is 2. The summed E-state index contributed by atoms with van der Waals surface area (Å²) in [6.45, 7) is 3.89. The Hall–Kier alpha value is -2.92. The van der Waals surface area contributed by atoms with Crippen LogP contribution in [0.2, 0.25) is 0 Å². The maximum atomic E-state index is 12.5. The van der Waals surface area contributed by atoms with E-state index in [0.717, 1.165) is 36.4 Å². The summed E-state index contributed by atoms with van der Waals surface area (Å²) in [5.74, 6) is -0.0999. The largest absolute Gasteiger partial charge is 0.322 e. The van der Waals surface area contributed by atoms with Gasteiger partial charge in [0, 0.05) is 24.0 Å². The Morgan fingerprint density at radius 2 is 2.00 bits per heavy atom. The van der Waals surface area contributed by atoms with Crippen molar-refractivity contribution in [1.82, 2.24) is 15.1 Å². The summed E-state index contributed by atoms with van der Waals surface area (Å²) in [6.07, 6.45) is 4.76. The molecule has 3 aromatic rings. The van der Waals surface area contributed by atoms with Gasteiger partial charge in [-0.15, -0.1) is 0 Å². The lowest BCUT2D eigenvalue weighted by molar-refractivity contribution is 0.102. The molecule has 0 aliphatic carbocycles. The van der Waals surface area contributed by atoms with Crippen molar-refractivity contribution in [1.29, 1.82) is 0 Å². The molecule has 0 saturated heterocycles. The number of nitrogens with zero attached hydrogens (tertiary/aromatic N) is 2. The van der Waals surface area contributed by atoms with Crippen LogP contribution in [-0.2, 0) is 13.0 Å². The van der Waals surface area contributed by atoms with Gasteiger partial charge in [-0.25, -0.2) is 4.68 Å². The van der Waals surface area contributed by atoms with Crippen LogP contribution in [0, 0.1) is 6.92 Å². The molecule has 0 atom stereocenters. The van der Waals surface area contributed by atoms with Gasteiger partial charge < -0.3 is 10.6 Å². The van der Waals surface area contributed by atoms with Crippen molar-refractivity contribution in [2.75, 3.05) is 11.9 Å². The van der Waals surface area contributed by atoms with Gasteiger partial charge in [-0.2, -0.15) is 5.10 Å². The van der Waals surface area contributed by atoms with E-state index >= 15 is 0 Å². The number of aryl methyl sites for hydroxylation is 1. The van der Waals surface area contributed by atoms with Gasteiger partial charge in [0.2, 0.25) is 0 Å². The highest BCUT2D eigenvalue weighted by molar-refractivity contribution is 6.04. The van der Waals surface area contributed by atoms with E-state index in [9.17, 15) is 4.79 Å². The number of hydrogen-bond acceptors (Lipinski definition) is 3. The van der Waals surface area contributed by atoms with Crippen LogP contribution in [0.5, 0.6) is 0 Å². The third-order valence-electron chi connectivity index (χ3n) is 4.46. The van der Waals surface area contributed by atoms with Crippen LogP contribution in [0.4, 0.5) is 5.69 Å². The number of rotatable bonds is 3. The van der Waals surface area contributed by atoms with Crippen molar-refractivity contribution in [2.45, 2.75) is 19.9 Å². The second-order valence-electron chi connectivity index (χ2n) is 6.37. The molecular weight excluding hydrogens is 312 g/mol. The Kier molecular flexibility index (Phi) is 4.07. The number of fused-ring (bicyclic) bond motifs is 1. The number of carbonyl (C=O) groups is 1. The first kappa shape index (κ1) is 15.6. The minimum atomic E-state index is -0.0999. The minimum absolute atomic E-state index is 0.0999. The van der Waals surface area contributed by atoms with E-state index in [2.05, 4.69) is 27.9 Å². The van der Waals surface area contributed by atoms with Crippen LogP contribution >= 0.6 is 0 Å². The van der Waals surface area contributed by atoms with Gasteiger partial charge in [-0.05, 0) is 73.0 Å². The molecule has 0 fully saturated rings. The maximum Gasteiger partial charge on any atom is 0.255 e.